The molecule has 1 aliphatic rings. The highest BCUT2D eigenvalue weighted by Crippen LogP contribution is 2.52. The van der Waals surface area contributed by atoms with Crippen molar-refractivity contribution >= 4 is 0 Å². The van der Waals surface area contributed by atoms with Gasteiger partial charge in [0.15, 0.2) is 0 Å². The van der Waals surface area contributed by atoms with E-state index in [9.17, 15) is 5.11 Å². The molecule has 1 heterocycles. The Bertz CT molecular complexity index is 865. The Kier molecular flexibility index (Phi) is 4.86. The summed E-state index contributed by atoms with van der Waals surface area (Å²) in [6.45, 7) is 2.18. The monoisotopic (exact) mass is 357 g/mol. The lowest BCUT2D eigenvalue weighted by molar-refractivity contribution is -0.120. The van der Waals surface area contributed by atoms with Crippen molar-refractivity contribution in [1.29, 1.82) is 0 Å². The molecule has 0 spiro atoms. The molecule has 0 aliphatic carbocycles. The molecule has 1 N–H and O–H groups in total. The first-order chi connectivity index (χ1) is 13.1. The van der Waals surface area contributed by atoms with E-state index in [-0.39, 0.29) is 18.0 Å². The van der Waals surface area contributed by atoms with Crippen molar-refractivity contribution in [2.45, 2.75) is 31.0 Å². The quantitative estimate of drug-likeness (QED) is 0.685. The van der Waals surface area contributed by atoms with Crippen LogP contribution < -0.4 is 0 Å². The highest BCUT2D eigenvalue weighted by atomic mass is 16.3. The smallest absolute Gasteiger partial charge is 0.0958 e. The normalized spacial score (nSPS) is 28.8. The summed E-state index contributed by atoms with van der Waals surface area (Å²) in [4.78, 5) is 2.44. The van der Waals surface area contributed by atoms with Gasteiger partial charge in [-0.05, 0) is 23.7 Å². The van der Waals surface area contributed by atoms with Crippen LogP contribution in [-0.2, 0) is 5.60 Å². The Hall–Kier alpha value is -2.42. The lowest BCUT2D eigenvalue weighted by atomic mass is 9.68. The van der Waals surface area contributed by atoms with Crippen LogP contribution in [0.1, 0.15) is 42.1 Å². The largest absolute Gasteiger partial charge is 0.385 e. The molecule has 0 radical (unpaired) electrons. The van der Waals surface area contributed by atoms with Gasteiger partial charge in [-0.3, -0.25) is 4.90 Å². The molecule has 2 heteroatoms. The molecular formula is C25H27NO. The second-order valence-corrected chi connectivity index (χ2v) is 7.73. The van der Waals surface area contributed by atoms with Crippen molar-refractivity contribution in [3.05, 3.63) is 108 Å². The van der Waals surface area contributed by atoms with E-state index >= 15 is 0 Å². The van der Waals surface area contributed by atoms with E-state index in [2.05, 4.69) is 85.6 Å². The lowest BCUT2D eigenvalue weighted by Crippen LogP contribution is -2.50. The molecule has 27 heavy (non-hydrogen) atoms. The average Bonchev–Trinajstić information content (AvgIpc) is 2.73. The highest BCUT2D eigenvalue weighted by molar-refractivity contribution is 5.32. The summed E-state index contributed by atoms with van der Waals surface area (Å²) in [5.41, 5.74) is 2.63. The molecule has 4 rings (SSSR count). The Morgan fingerprint density at radius 1 is 0.778 bits per heavy atom. The van der Waals surface area contributed by atoms with Gasteiger partial charge in [-0.2, -0.15) is 0 Å². The molecular weight excluding hydrogens is 330 g/mol. The number of benzene rings is 3. The molecule has 2 nitrogen and oxygen atoms in total. The van der Waals surface area contributed by atoms with E-state index in [1.165, 1.54) is 11.1 Å². The fourth-order valence-corrected chi connectivity index (χ4v) is 4.74. The van der Waals surface area contributed by atoms with Gasteiger partial charge in [0, 0.05) is 24.4 Å². The molecule has 4 atom stereocenters. The molecule has 1 aliphatic heterocycles. The molecule has 0 unspecified atom stereocenters. The molecule has 0 amide bonds. The van der Waals surface area contributed by atoms with Crippen LogP contribution in [0.4, 0.5) is 0 Å². The fourth-order valence-electron chi connectivity index (χ4n) is 4.74. The first kappa shape index (κ1) is 18.0. The van der Waals surface area contributed by atoms with E-state index in [1.807, 2.05) is 24.3 Å². The van der Waals surface area contributed by atoms with Crippen molar-refractivity contribution in [3.63, 3.8) is 0 Å². The van der Waals surface area contributed by atoms with Crippen molar-refractivity contribution in [3.8, 4) is 0 Å². The first-order valence-electron chi connectivity index (χ1n) is 9.71. The van der Waals surface area contributed by atoms with Crippen LogP contribution >= 0.6 is 0 Å². The third-order valence-corrected chi connectivity index (χ3v) is 6.26. The summed E-state index contributed by atoms with van der Waals surface area (Å²) in [6, 6.07) is 31.6. The molecule has 0 aromatic heterocycles. The second-order valence-electron chi connectivity index (χ2n) is 7.73. The van der Waals surface area contributed by atoms with Gasteiger partial charge in [-0.25, -0.2) is 0 Å². The number of piperidine rings is 1. The summed E-state index contributed by atoms with van der Waals surface area (Å²) in [6.07, 6.45) is 0.683. The first-order valence-corrected chi connectivity index (χ1v) is 9.71. The third kappa shape index (κ3) is 3.20. The number of hydrogen-bond acceptors (Lipinski definition) is 2. The topological polar surface area (TPSA) is 23.5 Å². The summed E-state index contributed by atoms with van der Waals surface area (Å²) in [7, 11) is 2.19. The maximum Gasteiger partial charge on any atom is 0.0958 e. The van der Waals surface area contributed by atoms with E-state index < -0.39 is 5.60 Å². The third-order valence-electron chi connectivity index (χ3n) is 6.26. The molecule has 0 saturated carbocycles. The number of hydrogen-bond donors (Lipinski definition) is 1. The van der Waals surface area contributed by atoms with E-state index in [1.54, 1.807) is 0 Å². The predicted molar refractivity (Wildman–Crippen MR) is 110 cm³/mol. The summed E-state index contributed by atoms with van der Waals surface area (Å²) in [5, 5.41) is 12.0. The van der Waals surface area contributed by atoms with Gasteiger partial charge >= 0.3 is 0 Å². The molecule has 1 saturated heterocycles. The van der Waals surface area contributed by atoms with Gasteiger partial charge in [-0.15, -0.1) is 0 Å². The highest BCUT2D eigenvalue weighted by Gasteiger charge is 2.49. The van der Waals surface area contributed by atoms with Crippen LogP contribution in [0.25, 0.3) is 0 Å². The lowest BCUT2D eigenvalue weighted by Gasteiger charge is -2.52. The van der Waals surface area contributed by atoms with Gasteiger partial charge in [-0.1, -0.05) is 97.9 Å². The van der Waals surface area contributed by atoms with Gasteiger partial charge in [0.25, 0.3) is 0 Å². The Morgan fingerprint density at radius 3 is 1.81 bits per heavy atom. The minimum atomic E-state index is -0.880. The minimum absolute atomic E-state index is 0.0623. The Balaban J connectivity index is 1.84. The van der Waals surface area contributed by atoms with Gasteiger partial charge in [0.1, 0.15) is 0 Å². The predicted octanol–water partition coefficient (Wildman–Crippen LogP) is 5.33. The van der Waals surface area contributed by atoms with Crippen LogP contribution in [0.3, 0.4) is 0 Å². The van der Waals surface area contributed by atoms with Crippen molar-refractivity contribution in [2.24, 2.45) is 5.92 Å². The zero-order valence-electron chi connectivity index (χ0n) is 16.0. The number of aliphatic hydroxyl groups is 1. The van der Waals surface area contributed by atoms with E-state index in [0.29, 0.717) is 6.42 Å². The van der Waals surface area contributed by atoms with Crippen LogP contribution in [-0.4, -0.2) is 17.1 Å². The number of rotatable bonds is 3. The summed E-state index contributed by atoms with van der Waals surface area (Å²) >= 11 is 0. The SMILES string of the molecule is C[C@@H]1[C@H](c2ccccc2)N(C)[C@@H](c2ccccc2)C[C@@]1(O)c1ccccc1. The van der Waals surface area contributed by atoms with Crippen LogP contribution in [0, 0.1) is 5.92 Å². The standard InChI is InChI=1S/C25H27NO/c1-19-24(21-14-8-4-9-15-21)26(2)23(20-12-6-3-7-13-20)18-25(19,27)22-16-10-5-11-17-22/h3-17,19,23-24,27H,18H2,1-2H3/t19-,23-,24-,25+/m1/s1. The Morgan fingerprint density at radius 2 is 1.26 bits per heavy atom. The van der Waals surface area contributed by atoms with Crippen molar-refractivity contribution < 1.29 is 5.11 Å². The maximum atomic E-state index is 12.0. The van der Waals surface area contributed by atoms with Crippen molar-refractivity contribution in [2.75, 3.05) is 7.05 Å². The molecule has 1 fully saturated rings. The van der Waals surface area contributed by atoms with E-state index in [0.717, 1.165) is 5.56 Å². The van der Waals surface area contributed by atoms with Crippen LogP contribution in [0.5, 0.6) is 0 Å². The molecule has 3 aromatic carbocycles. The number of nitrogens with zero attached hydrogens (tertiary/aromatic N) is 1. The second kappa shape index (κ2) is 7.30. The van der Waals surface area contributed by atoms with Gasteiger partial charge in [0.2, 0.25) is 0 Å². The van der Waals surface area contributed by atoms with Crippen molar-refractivity contribution in [1.82, 2.24) is 4.90 Å². The van der Waals surface area contributed by atoms with Gasteiger partial charge in [0.05, 0.1) is 5.60 Å². The summed E-state index contributed by atoms with van der Waals surface area (Å²) < 4.78 is 0. The van der Waals surface area contributed by atoms with E-state index in [4.69, 9.17) is 0 Å². The Labute approximate surface area is 162 Å². The average molecular weight is 357 g/mol. The van der Waals surface area contributed by atoms with Crippen LogP contribution in [0.15, 0.2) is 91.0 Å². The molecule has 138 valence electrons. The van der Waals surface area contributed by atoms with Gasteiger partial charge < -0.3 is 5.11 Å². The fraction of sp³-hybridized carbons (Fsp3) is 0.280. The summed E-state index contributed by atoms with van der Waals surface area (Å²) in [5.74, 6) is 0.0623. The maximum absolute atomic E-state index is 12.0. The molecule has 0 bridgehead atoms. The number of likely N-dealkylation sites (tertiary alicyclic amines) is 1. The van der Waals surface area contributed by atoms with Crippen LogP contribution in [0.2, 0.25) is 0 Å². The molecule has 3 aromatic rings. The zero-order valence-corrected chi connectivity index (χ0v) is 16.0. The minimum Gasteiger partial charge on any atom is -0.385 e. The zero-order chi connectivity index (χ0) is 18.9.